The molecule has 2 aromatic heterocycles. The van der Waals surface area contributed by atoms with E-state index < -0.39 is 0 Å². The summed E-state index contributed by atoms with van der Waals surface area (Å²) in [7, 11) is 0. The Bertz CT molecular complexity index is 2770. The molecular formula is C44H29N3O2. The minimum atomic E-state index is 0.392. The summed E-state index contributed by atoms with van der Waals surface area (Å²) in [4.78, 5) is 14.6. The molecule has 0 N–H and O–H groups in total. The van der Waals surface area contributed by atoms with Gasteiger partial charge in [0.05, 0.1) is 6.54 Å². The number of hydrogen-bond donors (Lipinski definition) is 0. The maximum absolute atomic E-state index is 6.58. The zero-order valence-corrected chi connectivity index (χ0v) is 26.5. The molecule has 0 fully saturated rings. The molecule has 232 valence electrons. The van der Waals surface area contributed by atoms with Crippen molar-refractivity contribution in [1.29, 1.82) is 0 Å². The predicted octanol–water partition coefficient (Wildman–Crippen LogP) is 11.4. The molecular weight excluding hydrogens is 603 g/mol. The third-order valence-corrected chi connectivity index (χ3v) is 9.11. The fraction of sp³-hybridized carbons (Fsp3) is 0.0227. The summed E-state index contributed by atoms with van der Waals surface area (Å²) in [5, 5.41) is 6.48. The number of para-hydroxylation sites is 2. The van der Waals surface area contributed by atoms with Crippen LogP contribution >= 0.6 is 0 Å². The van der Waals surface area contributed by atoms with Gasteiger partial charge >= 0.3 is 0 Å². The number of aliphatic imine (C=N–C) groups is 3. The molecule has 7 aromatic carbocycles. The largest absolute Gasteiger partial charge is 0.456 e. The molecule has 0 aliphatic carbocycles. The molecule has 49 heavy (non-hydrogen) atoms. The number of nitrogens with zero attached hydrogens (tertiary/aromatic N) is 3. The summed E-state index contributed by atoms with van der Waals surface area (Å²) in [6.45, 7) is 4.30. The Morgan fingerprint density at radius 3 is 2.14 bits per heavy atom. The maximum Gasteiger partial charge on any atom is 0.161 e. The summed E-state index contributed by atoms with van der Waals surface area (Å²) in [6.07, 6.45) is 0. The summed E-state index contributed by atoms with van der Waals surface area (Å²) in [5.74, 6) is 1.04. The van der Waals surface area contributed by atoms with Crippen LogP contribution in [0.1, 0.15) is 16.7 Å². The van der Waals surface area contributed by atoms with Crippen molar-refractivity contribution >= 4 is 73.0 Å². The highest BCUT2D eigenvalue weighted by Crippen LogP contribution is 2.38. The lowest BCUT2D eigenvalue weighted by molar-refractivity contribution is 0.669. The second-order valence-electron chi connectivity index (χ2n) is 12.0. The molecule has 5 nitrogen and oxygen atoms in total. The van der Waals surface area contributed by atoms with Gasteiger partial charge in [-0.05, 0) is 52.9 Å². The van der Waals surface area contributed by atoms with Gasteiger partial charge in [0.15, 0.2) is 11.7 Å². The number of hydrogen-bond acceptors (Lipinski definition) is 3. The molecule has 0 bridgehead atoms. The Morgan fingerprint density at radius 1 is 0.551 bits per heavy atom. The molecule has 0 aliphatic heterocycles. The van der Waals surface area contributed by atoms with Crippen molar-refractivity contribution in [2.45, 2.75) is 6.54 Å². The van der Waals surface area contributed by atoms with E-state index >= 15 is 0 Å². The van der Waals surface area contributed by atoms with Gasteiger partial charge in [-0.3, -0.25) is 4.99 Å². The fourth-order valence-corrected chi connectivity index (χ4v) is 6.82. The van der Waals surface area contributed by atoms with Crippen molar-refractivity contribution in [1.82, 2.24) is 0 Å². The van der Waals surface area contributed by atoms with Gasteiger partial charge in [-0.1, -0.05) is 127 Å². The zero-order valence-electron chi connectivity index (χ0n) is 26.5. The Balaban J connectivity index is 1.17. The lowest BCUT2D eigenvalue weighted by Gasteiger charge is -2.07. The van der Waals surface area contributed by atoms with E-state index in [1.807, 2.05) is 78.9 Å². The number of furan rings is 2. The normalized spacial score (nSPS) is 12.5. The van der Waals surface area contributed by atoms with Gasteiger partial charge in [0.25, 0.3) is 0 Å². The molecule has 0 spiro atoms. The molecule has 0 unspecified atom stereocenters. The van der Waals surface area contributed by atoms with E-state index in [1.54, 1.807) is 0 Å². The van der Waals surface area contributed by atoms with Crippen LogP contribution in [0.25, 0.3) is 65.8 Å². The van der Waals surface area contributed by atoms with Crippen LogP contribution in [0, 0.1) is 0 Å². The van der Waals surface area contributed by atoms with Crippen molar-refractivity contribution in [3.05, 3.63) is 168 Å². The van der Waals surface area contributed by atoms with Crippen molar-refractivity contribution in [3.8, 4) is 11.1 Å². The lowest BCUT2D eigenvalue weighted by atomic mass is 9.98. The molecule has 0 radical (unpaired) electrons. The van der Waals surface area contributed by atoms with Gasteiger partial charge in [0, 0.05) is 38.2 Å². The van der Waals surface area contributed by atoms with Gasteiger partial charge in [-0.25, -0.2) is 9.98 Å². The summed E-state index contributed by atoms with van der Waals surface area (Å²) in [6, 6.07) is 51.4. The molecule has 2 heterocycles. The van der Waals surface area contributed by atoms with Crippen LogP contribution in [-0.4, -0.2) is 18.4 Å². The molecule has 0 amide bonds. The van der Waals surface area contributed by atoms with Crippen molar-refractivity contribution in [2.75, 3.05) is 0 Å². The second-order valence-corrected chi connectivity index (χ2v) is 12.0. The monoisotopic (exact) mass is 631 g/mol. The van der Waals surface area contributed by atoms with E-state index in [4.69, 9.17) is 18.8 Å². The highest BCUT2D eigenvalue weighted by Gasteiger charge is 2.17. The Kier molecular flexibility index (Phi) is 6.95. The highest BCUT2D eigenvalue weighted by atomic mass is 16.3. The molecule has 0 aliphatic rings. The minimum absolute atomic E-state index is 0.392. The standard InChI is InChI=1S/C44H29N3O2/c1-45-44(36-20-11-23-39-41(36)34-17-7-8-21-37(34)48-39)47-43(29-13-3-2-4-14-29)46-27-32-16-9-22-38-40(32)35-19-10-18-33(42(35)49-38)31-25-24-28-12-5-6-15-30(28)26-31/h2-26H,1,27H2. The van der Waals surface area contributed by atoms with Crippen molar-refractivity contribution in [2.24, 2.45) is 15.0 Å². The zero-order chi connectivity index (χ0) is 32.7. The molecule has 0 atom stereocenters. The lowest BCUT2D eigenvalue weighted by Crippen LogP contribution is -2.06. The van der Waals surface area contributed by atoms with Crippen LogP contribution in [0.3, 0.4) is 0 Å². The Labute approximate surface area is 282 Å². The highest BCUT2D eigenvalue weighted by molar-refractivity contribution is 6.22. The van der Waals surface area contributed by atoms with E-state index in [9.17, 15) is 0 Å². The van der Waals surface area contributed by atoms with E-state index in [0.717, 1.165) is 71.7 Å². The first-order chi connectivity index (χ1) is 24.2. The van der Waals surface area contributed by atoms with E-state index in [0.29, 0.717) is 18.2 Å². The predicted molar refractivity (Wildman–Crippen MR) is 203 cm³/mol. The van der Waals surface area contributed by atoms with Gasteiger partial charge in [0.2, 0.25) is 0 Å². The Hall–Kier alpha value is -6.59. The van der Waals surface area contributed by atoms with Crippen LogP contribution < -0.4 is 0 Å². The smallest absolute Gasteiger partial charge is 0.161 e. The van der Waals surface area contributed by atoms with Gasteiger partial charge in [-0.15, -0.1) is 0 Å². The first kappa shape index (κ1) is 28.6. The van der Waals surface area contributed by atoms with E-state index in [2.05, 4.69) is 84.5 Å². The fourth-order valence-electron chi connectivity index (χ4n) is 6.82. The van der Waals surface area contributed by atoms with Gasteiger partial charge < -0.3 is 8.83 Å². The third-order valence-electron chi connectivity index (χ3n) is 9.11. The van der Waals surface area contributed by atoms with Gasteiger partial charge in [0.1, 0.15) is 22.3 Å². The SMILES string of the molecule is C=NC(=NC(=NCc1cccc2oc3c(-c4ccc5ccccc5c4)cccc3c12)c1ccccc1)c1cccc2oc3ccccc3c12. The molecule has 9 aromatic rings. The maximum atomic E-state index is 6.58. The summed E-state index contributed by atoms with van der Waals surface area (Å²) < 4.78 is 12.7. The van der Waals surface area contributed by atoms with E-state index in [1.165, 1.54) is 10.8 Å². The van der Waals surface area contributed by atoms with Crippen molar-refractivity contribution in [3.63, 3.8) is 0 Å². The number of benzene rings is 7. The van der Waals surface area contributed by atoms with Crippen LogP contribution in [0.15, 0.2) is 175 Å². The van der Waals surface area contributed by atoms with Crippen molar-refractivity contribution < 1.29 is 8.83 Å². The average molecular weight is 632 g/mol. The minimum Gasteiger partial charge on any atom is -0.456 e. The molecule has 0 saturated carbocycles. The Morgan fingerprint density at radius 2 is 1.27 bits per heavy atom. The van der Waals surface area contributed by atoms with Crippen LogP contribution in [0.4, 0.5) is 0 Å². The molecule has 0 saturated heterocycles. The second kappa shape index (κ2) is 11.9. The van der Waals surface area contributed by atoms with E-state index in [-0.39, 0.29) is 0 Å². The number of amidine groups is 2. The van der Waals surface area contributed by atoms with Crippen LogP contribution in [0.5, 0.6) is 0 Å². The third kappa shape index (κ3) is 5.00. The first-order valence-corrected chi connectivity index (χ1v) is 16.2. The van der Waals surface area contributed by atoms with Crippen LogP contribution in [0.2, 0.25) is 0 Å². The molecule has 5 heteroatoms. The summed E-state index contributed by atoms with van der Waals surface area (Å²) in [5.41, 5.74) is 8.23. The number of rotatable bonds is 5. The summed E-state index contributed by atoms with van der Waals surface area (Å²) >= 11 is 0. The van der Waals surface area contributed by atoms with Crippen LogP contribution in [-0.2, 0) is 6.54 Å². The molecule has 9 rings (SSSR count). The quantitative estimate of drug-likeness (QED) is 0.140. The van der Waals surface area contributed by atoms with Gasteiger partial charge in [-0.2, -0.15) is 0 Å². The number of fused-ring (bicyclic) bond motifs is 7. The topological polar surface area (TPSA) is 63.4 Å². The first-order valence-electron chi connectivity index (χ1n) is 16.2. The average Bonchev–Trinajstić information content (AvgIpc) is 3.74.